The van der Waals surface area contributed by atoms with Crippen LogP contribution < -0.4 is 15.4 Å². The van der Waals surface area contributed by atoms with Gasteiger partial charge in [0.15, 0.2) is 0 Å². The van der Waals surface area contributed by atoms with Crippen LogP contribution in [0.15, 0.2) is 18.2 Å². The first-order valence-electron chi connectivity index (χ1n) is 7.95. The van der Waals surface area contributed by atoms with Crippen LogP contribution in [0.25, 0.3) is 0 Å². The molecule has 1 aromatic rings. The molecule has 6 nitrogen and oxygen atoms in total. The van der Waals surface area contributed by atoms with E-state index >= 15 is 0 Å². The molecule has 3 N–H and O–H groups in total. The fourth-order valence-electron chi connectivity index (χ4n) is 2.49. The van der Waals surface area contributed by atoms with Crippen LogP contribution >= 0.6 is 12.4 Å². The molecule has 2 rings (SSSR count). The van der Waals surface area contributed by atoms with E-state index in [1.165, 1.54) is 0 Å². The average molecular weight is 376 g/mol. The number of anilines is 2. The van der Waals surface area contributed by atoms with E-state index in [0.29, 0.717) is 23.7 Å². The monoisotopic (exact) mass is 375 g/mol. The lowest BCUT2D eigenvalue weighted by Crippen LogP contribution is -2.48. The van der Waals surface area contributed by atoms with Gasteiger partial charge in [-0.1, -0.05) is 19.9 Å². The molecule has 1 saturated heterocycles. The summed E-state index contributed by atoms with van der Waals surface area (Å²) in [5.41, 5.74) is 1.87. The van der Waals surface area contributed by atoms with E-state index in [2.05, 4.69) is 15.4 Å². The lowest BCUT2D eigenvalue weighted by atomic mass is 9.88. The average Bonchev–Trinajstić information content (AvgIpc) is 2.40. The number of halogens is 1. The fraction of sp³-hybridized carbons (Fsp3) is 0.562. The maximum Gasteiger partial charge on any atom is 0.232 e. The van der Waals surface area contributed by atoms with E-state index in [-0.39, 0.29) is 30.0 Å². The van der Waals surface area contributed by atoms with Gasteiger partial charge >= 0.3 is 0 Å². The van der Waals surface area contributed by atoms with Crippen molar-refractivity contribution in [3.63, 3.8) is 0 Å². The molecular formula is C16H26ClN3O3S. The zero-order valence-electron chi connectivity index (χ0n) is 14.3. The molecule has 1 heterocycles. The summed E-state index contributed by atoms with van der Waals surface area (Å²) in [6.45, 7) is 7.27. The SMILES string of the molecule is CCCS(=O)(=O)Nc1cccc(NC(=O)C(C)C2CNC2)c1C.Cl. The maximum atomic E-state index is 12.3. The van der Waals surface area contributed by atoms with Crippen LogP contribution in [0.2, 0.25) is 0 Å². The summed E-state index contributed by atoms with van der Waals surface area (Å²) < 4.78 is 26.4. The first kappa shape index (κ1) is 20.7. The highest BCUT2D eigenvalue weighted by Gasteiger charge is 2.29. The molecule has 1 aliphatic rings. The first-order valence-corrected chi connectivity index (χ1v) is 9.61. The van der Waals surface area contributed by atoms with Gasteiger partial charge in [0.25, 0.3) is 0 Å². The molecule has 0 aromatic heterocycles. The van der Waals surface area contributed by atoms with Crippen LogP contribution in [0.3, 0.4) is 0 Å². The van der Waals surface area contributed by atoms with Crippen molar-refractivity contribution in [1.29, 1.82) is 0 Å². The Morgan fingerprint density at radius 3 is 2.50 bits per heavy atom. The minimum atomic E-state index is -3.35. The predicted octanol–water partition coefficient (Wildman–Crippen LogP) is 2.36. The highest BCUT2D eigenvalue weighted by Crippen LogP contribution is 2.26. The Morgan fingerprint density at radius 2 is 1.96 bits per heavy atom. The van der Waals surface area contributed by atoms with Crippen molar-refractivity contribution in [2.24, 2.45) is 11.8 Å². The van der Waals surface area contributed by atoms with Crippen LogP contribution in [-0.4, -0.2) is 33.2 Å². The zero-order valence-corrected chi connectivity index (χ0v) is 15.9. The van der Waals surface area contributed by atoms with Crippen LogP contribution in [0, 0.1) is 18.8 Å². The second kappa shape index (κ2) is 8.69. The van der Waals surface area contributed by atoms with Crippen LogP contribution in [-0.2, 0) is 14.8 Å². The summed E-state index contributed by atoms with van der Waals surface area (Å²) in [5, 5.41) is 6.08. The van der Waals surface area contributed by atoms with Crippen molar-refractivity contribution in [2.45, 2.75) is 27.2 Å². The van der Waals surface area contributed by atoms with Gasteiger partial charge in [0.1, 0.15) is 0 Å². The molecule has 1 aliphatic heterocycles. The highest BCUT2D eigenvalue weighted by atomic mass is 35.5. The number of rotatable bonds is 7. The molecular weight excluding hydrogens is 350 g/mol. The van der Waals surface area contributed by atoms with Crippen molar-refractivity contribution < 1.29 is 13.2 Å². The lowest BCUT2D eigenvalue weighted by molar-refractivity contribution is -0.121. The summed E-state index contributed by atoms with van der Waals surface area (Å²) in [6.07, 6.45) is 0.553. The fourth-order valence-corrected chi connectivity index (χ4v) is 3.69. The third kappa shape index (κ3) is 5.09. The molecule has 136 valence electrons. The van der Waals surface area contributed by atoms with Crippen molar-refractivity contribution in [3.8, 4) is 0 Å². The van der Waals surface area contributed by atoms with E-state index < -0.39 is 10.0 Å². The summed E-state index contributed by atoms with van der Waals surface area (Å²) in [4.78, 5) is 12.3. The standard InChI is InChI=1S/C16H25N3O3S.ClH/c1-4-8-23(21,22)19-15-7-5-6-14(12(15)3)18-16(20)11(2)13-9-17-10-13;/h5-7,11,13,17,19H,4,8-10H2,1-3H3,(H,18,20);1H. The molecule has 0 saturated carbocycles. The third-order valence-electron chi connectivity index (χ3n) is 4.26. The van der Waals surface area contributed by atoms with Crippen molar-refractivity contribution in [1.82, 2.24) is 5.32 Å². The smallest absolute Gasteiger partial charge is 0.232 e. The van der Waals surface area contributed by atoms with Crippen LogP contribution in [0.1, 0.15) is 25.8 Å². The van der Waals surface area contributed by atoms with Gasteiger partial charge in [0.05, 0.1) is 11.4 Å². The van der Waals surface area contributed by atoms with E-state index in [1.54, 1.807) is 25.1 Å². The van der Waals surface area contributed by atoms with Gasteiger partial charge in [0.2, 0.25) is 15.9 Å². The molecule has 1 unspecified atom stereocenters. The quantitative estimate of drug-likeness (QED) is 0.682. The van der Waals surface area contributed by atoms with Gasteiger partial charge in [0, 0.05) is 11.6 Å². The minimum absolute atomic E-state index is 0. The molecule has 0 spiro atoms. The number of carbonyl (C=O) groups is 1. The largest absolute Gasteiger partial charge is 0.326 e. The van der Waals surface area contributed by atoms with Crippen LogP contribution in [0.4, 0.5) is 11.4 Å². The molecule has 0 bridgehead atoms. The third-order valence-corrected chi connectivity index (χ3v) is 5.74. The number of hydrogen-bond donors (Lipinski definition) is 3. The molecule has 1 atom stereocenters. The Bertz CT molecular complexity index is 675. The Labute approximate surface area is 150 Å². The summed E-state index contributed by atoms with van der Waals surface area (Å²) in [7, 11) is -3.35. The molecule has 1 amide bonds. The lowest BCUT2D eigenvalue weighted by Gasteiger charge is -2.31. The van der Waals surface area contributed by atoms with Crippen molar-refractivity contribution >= 4 is 39.7 Å². The van der Waals surface area contributed by atoms with Gasteiger partial charge in [-0.15, -0.1) is 12.4 Å². The van der Waals surface area contributed by atoms with E-state index in [4.69, 9.17) is 0 Å². The van der Waals surface area contributed by atoms with Crippen LogP contribution in [0.5, 0.6) is 0 Å². The second-order valence-electron chi connectivity index (χ2n) is 6.10. The number of amides is 1. The molecule has 0 aliphatic carbocycles. The van der Waals surface area contributed by atoms with E-state index in [1.807, 2.05) is 13.8 Å². The summed E-state index contributed by atoms with van der Waals surface area (Å²) in [6, 6.07) is 5.23. The molecule has 0 radical (unpaired) electrons. The number of sulfonamides is 1. The Balaban J connectivity index is 0.00000288. The molecule has 1 fully saturated rings. The molecule has 24 heavy (non-hydrogen) atoms. The summed E-state index contributed by atoms with van der Waals surface area (Å²) >= 11 is 0. The Hall–Kier alpha value is -1.31. The minimum Gasteiger partial charge on any atom is -0.326 e. The number of hydrogen-bond acceptors (Lipinski definition) is 4. The maximum absolute atomic E-state index is 12.3. The van der Waals surface area contributed by atoms with Gasteiger partial charge in [-0.2, -0.15) is 0 Å². The molecule has 8 heteroatoms. The highest BCUT2D eigenvalue weighted by molar-refractivity contribution is 7.92. The van der Waals surface area contributed by atoms with Crippen molar-refractivity contribution in [2.75, 3.05) is 28.9 Å². The first-order chi connectivity index (χ1) is 10.8. The topological polar surface area (TPSA) is 87.3 Å². The Kier molecular flexibility index (Phi) is 7.51. The van der Waals surface area contributed by atoms with Gasteiger partial charge < -0.3 is 10.6 Å². The summed E-state index contributed by atoms with van der Waals surface area (Å²) in [5.74, 6) is 0.333. The van der Waals surface area contributed by atoms with E-state index in [9.17, 15) is 13.2 Å². The van der Waals surface area contributed by atoms with Crippen molar-refractivity contribution in [3.05, 3.63) is 23.8 Å². The van der Waals surface area contributed by atoms with Gasteiger partial charge in [-0.05, 0) is 50.0 Å². The molecule has 1 aromatic carbocycles. The Morgan fingerprint density at radius 1 is 1.33 bits per heavy atom. The predicted molar refractivity (Wildman–Crippen MR) is 100 cm³/mol. The number of carbonyl (C=O) groups excluding carboxylic acids is 1. The number of nitrogens with one attached hydrogen (secondary N) is 3. The zero-order chi connectivity index (χ0) is 17.0. The van der Waals surface area contributed by atoms with E-state index in [0.717, 1.165) is 18.7 Å². The van der Waals surface area contributed by atoms with Gasteiger partial charge in [-0.25, -0.2) is 8.42 Å². The second-order valence-corrected chi connectivity index (χ2v) is 7.94. The van der Waals surface area contributed by atoms with Gasteiger partial charge in [-0.3, -0.25) is 9.52 Å². The number of benzene rings is 1. The normalized spacial score (nSPS) is 15.8.